The first-order chi connectivity index (χ1) is 20.2. The molecule has 0 radical (unpaired) electrons. The number of hydrogen-bond acceptors (Lipinski definition) is 7. The number of aromatic nitrogens is 1. The predicted molar refractivity (Wildman–Crippen MR) is 162 cm³/mol. The molecule has 2 aliphatic heterocycles. The minimum Gasteiger partial charge on any atom is -0.371 e. The van der Waals surface area contributed by atoms with Crippen molar-refractivity contribution in [2.24, 2.45) is 5.92 Å². The van der Waals surface area contributed by atoms with Gasteiger partial charge < -0.3 is 20.4 Å². The van der Waals surface area contributed by atoms with Crippen LogP contribution in [0.25, 0.3) is 6.08 Å². The molecule has 0 saturated carbocycles. The van der Waals surface area contributed by atoms with Crippen LogP contribution in [0.15, 0.2) is 54.2 Å². The van der Waals surface area contributed by atoms with Crippen LogP contribution >= 0.6 is 11.6 Å². The van der Waals surface area contributed by atoms with E-state index in [1.54, 1.807) is 41.6 Å². The molecular formula is C29H37ClN6O5S. The fraction of sp³-hybridized carbons (Fsp3) is 0.448. The van der Waals surface area contributed by atoms with Gasteiger partial charge in [0.25, 0.3) is 0 Å². The van der Waals surface area contributed by atoms with E-state index in [9.17, 15) is 22.8 Å². The van der Waals surface area contributed by atoms with Gasteiger partial charge >= 0.3 is 0 Å². The maximum atomic E-state index is 13.3. The molecule has 11 nitrogen and oxygen atoms in total. The maximum Gasteiger partial charge on any atom is 0.246 e. The van der Waals surface area contributed by atoms with Crippen LogP contribution in [-0.2, 0) is 24.4 Å². The van der Waals surface area contributed by atoms with Gasteiger partial charge in [-0.25, -0.2) is 13.1 Å². The molecule has 2 aromatic rings. The van der Waals surface area contributed by atoms with Gasteiger partial charge in [0, 0.05) is 67.2 Å². The number of carbonyl (C=O) groups excluding carboxylic acids is 3. The van der Waals surface area contributed by atoms with Crippen molar-refractivity contribution in [2.75, 3.05) is 44.2 Å². The smallest absolute Gasteiger partial charge is 0.246 e. The minimum atomic E-state index is -3.92. The van der Waals surface area contributed by atoms with Gasteiger partial charge in [0.2, 0.25) is 27.7 Å². The highest BCUT2D eigenvalue weighted by Crippen LogP contribution is 2.23. The van der Waals surface area contributed by atoms with Crippen molar-refractivity contribution in [2.45, 2.75) is 38.1 Å². The molecule has 3 N–H and O–H groups in total. The number of piperidine rings is 2. The third-order valence-corrected chi connectivity index (χ3v) is 8.71. The van der Waals surface area contributed by atoms with E-state index in [-0.39, 0.29) is 24.3 Å². The Kier molecular flexibility index (Phi) is 11.3. The van der Waals surface area contributed by atoms with Crippen LogP contribution in [0.3, 0.4) is 0 Å². The first kappa shape index (κ1) is 31.5. The quantitative estimate of drug-likeness (QED) is 0.351. The summed E-state index contributed by atoms with van der Waals surface area (Å²) in [6.45, 7) is 1.97. The number of pyridine rings is 1. The van der Waals surface area contributed by atoms with Gasteiger partial charge in [-0.1, -0.05) is 23.7 Å². The molecule has 4 rings (SSSR count). The number of anilines is 1. The van der Waals surface area contributed by atoms with E-state index < -0.39 is 28.5 Å². The second-order valence-electron chi connectivity index (χ2n) is 10.4. The van der Waals surface area contributed by atoms with Crippen LogP contribution in [0.5, 0.6) is 0 Å². The lowest BCUT2D eigenvalue weighted by Crippen LogP contribution is -2.56. The average Bonchev–Trinajstić information content (AvgIpc) is 3.02. The molecule has 1 atom stereocenters. The molecule has 1 aromatic carbocycles. The van der Waals surface area contributed by atoms with E-state index in [1.165, 1.54) is 6.08 Å². The molecule has 2 aliphatic rings. The first-order valence-corrected chi connectivity index (χ1v) is 16.1. The summed E-state index contributed by atoms with van der Waals surface area (Å²) in [6.07, 6.45) is 8.96. The fourth-order valence-corrected chi connectivity index (χ4v) is 5.93. The number of benzene rings is 1. The van der Waals surface area contributed by atoms with E-state index >= 15 is 0 Å². The number of likely N-dealkylation sites (tertiary alicyclic amines) is 1. The predicted octanol–water partition coefficient (Wildman–Crippen LogP) is 2.16. The van der Waals surface area contributed by atoms with E-state index in [2.05, 4.69) is 25.2 Å². The second-order valence-corrected chi connectivity index (χ2v) is 12.5. The van der Waals surface area contributed by atoms with Gasteiger partial charge in [-0.3, -0.25) is 19.4 Å². The van der Waals surface area contributed by atoms with Crippen molar-refractivity contribution in [1.82, 2.24) is 25.2 Å². The number of halogens is 1. The average molecular weight is 617 g/mol. The zero-order valence-electron chi connectivity index (χ0n) is 23.4. The summed E-state index contributed by atoms with van der Waals surface area (Å²) in [4.78, 5) is 47.0. The molecule has 2 saturated heterocycles. The molecule has 3 heterocycles. The van der Waals surface area contributed by atoms with Gasteiger partial charge in [0.15, 0.2) is 0 Å². The monoisotopic (exact) mass is 616 g/mol. The number of nitrogens with one attached hydrogen (secondary N) is 3. The van der Waals surface area contributed by atoms with Crippen LogP contribution in [0.4, 0.5) is 5.69 Å². The topological polar surface area (TPSA) is 141 Å². The Morgan fingerprint density at radius 1 is 0.976 bits per heavy atom. The zero-order valence-corrected chi connectivity index (χ0v) is 24.9. The molecule has 0 bridgehead atoms. The molecule has 13 heteroatoms. The third-order valence-electron chi connectivity index (χ3n) is 7.42. The van der Waals surface area contributed by atoms with Crippen LogP contribution in [0.1, 0.15) is 37.7 Å². The van der Waals surface area contributed by atoms with Crippen LogP contribution in [-0.4, -0.2) is 81.3 Å². The summed E-state index contributed by atoms with van der Waals surface area (Å²) < 4.78 is 27.0. The first-order valence-electron chi connectivity index (χ1n) is 14.1. The SMILES string of the molecule is O=C(CNS(=O)(=O)/C=C/c1ccc(Cl)cc1)NC(CNC(=O)C1CCN(c2ccncc2)CC1)C(=O)N1CCCCC1. The lowest BCUT2D eigenvalue weighted by atomic mass is 9.95. The number of carbonyl (C=O) groups is 3. The minimum absolute atomic E-state index is 0.0757. The number of rotatable bonds is 11. The molecule has 0 spiro atoms. The number of amides is 3. The van der Waals surface area contributed by atoms with Crippen LogP contribution in [0, 0.1) is 5.92 Å². The van der Waals surface area contributed by atoms with Crippen molar-refractivity contribution >= 4 is 51.1 Å². The Morgan fingerprint density at radius 3 is 2.31 bits per heavy atom. The maximum absolute atomic E-state index is 13.3. The molecule has 42 heavy (non-hydrogen) atoms. The molecule has 2 fully saturated rings. The lowest BCUT2D eigenvalue weighted by molar-refractivity contribution is -0.137. The molecule has 226 valence electrons. The van der Waals surface area contributed by atoms with E-state index in [0.717, 1.165) is 43.4 Å². The number of sulfonamides is 1. The molecule has 0 aliphatic carbocycles. The summed E-state index contributed by atoms with van der Waals surface area (Å²) in [7, 11) is -3.92. The van der Waals surface area contributed by atoms with Crippen molar-refractivity contribution in [3.8, 4) is 0 Å². The van der Waals surface area contributed by atoms with Crippen molar-refractivity contribution in [3.63, 3.8) is 0 Å². The Bertz CT molecular complexity index is 1340. The van der Waals surface area contributed by atoms with Crippen molar-refractivity contribution < 1.29 is 22.8 Å². The van der Waals surface area contributed by atoms with Gasteiger partial charge in [-0.15, -0.1) is 0 Å². The van der Waals surface area contributed by atoms with E-state index in [4.69, 9.17) is 11.6 Å². The largest absolute Gasteiger partial charge is 0.371 e. The summed E-state index contributed by atoms with van der Waals surface area (Å²) in [5.41, 5.74) is 1.69. The fourth-order valence-electron chi connectivity index (χ4n) is 5.04. The highest BCUT2D eigenvalue weighted by atomic mass is 35.5. The lowest BCUT2D eigenvalue weighted by Gasteiger charge is -2.33. The Hall–Kier alpha value is -3.48. The normalized spacial score (nSPS) is 17.2. The summed E-state index contributed by atoms with van der Waals surface area (Å²) in [5.74, 6) is -1.33. The van der Waals surface area contributed by atoms with Gasteiger partial charge in [0.1, 0.15) is 6.04 Å². The summed E-state index contributed by atoms with van der Waals surface area (Å²) >= 11 is 5.85. The zero-order chi connectivity index (χ0) is 30.0. The Morgan fingerprint density at radius 2 is 1.64 bits per heavy atom. The Labute approximate surface area is 251 Å². The highest BCUT2D eigenvalue weighted by molar-refractivity contribution is 7.92. The van der Waals surface area contributed by atoms with Crippen LogP contribution in [0.2, 0.25) is 5.02 Å². The van der Waals surface area contributed by atoms with Gasteiger partial charge in [-0.05, 0) is 68.0 Å². The third kappa shape index (κ3) is 9.53. The van der Waals surface area contributed by atoms with Gasteiger partial charge in [-0.2, -0.15) is 0 Å². The van der Waals surface area contributed by atoms with Crippen molar-refractivity contribution in [3.05, 3.63) is 64.8 Å². The van der Waals surface area contributed by atoms with E-state index in [1.807, 2.05) is 12.1 Å². The summed E-state index contributed by atoms with van der Waals surface area (Å²) in [5, 5.41) is 6.97. The number of nitrogens with zero attached hydrogens (tertiary/aromatic N) is 3. The molecule has 3 amide bonds. The van der Waals surface area contributed by atoms with E-state index in [0.29, 0.717) is 36.5 Å². The molecular weight excluding hydrogens is 580 g/mol. The van der Waals surface area contributed by atoms with Crippen LogP contribution < -0.4 is 20.3 Å². The number of hydrogen-bond donors (Lipinski definition) is 3. The standard InChI is InChI=1S/C29H37ClN6O5S/c30-24-6-4-22(5-7-24)12-19-42(40,41)33-21-27(37)34-26(29(39)36-15-2-1-3-16-36)20-32-28(38)23-10-17-35(18-11-23)25-8-13-31-14-9-25/h4-9,12-14,19,23,26,33H,1-3,10-11,15-18,20-21H2,(H,32,38)(H,34,37)/b19-12+. The molecule has 1 aromatic heterocycles. The highest BCUT2D eigenvalue weighted by Gasteiger charge is 2.30. The summed E-state index contributed by atoms with van der Waals surface area (Å²) in [6, 6.07) is 9.47. The molecule has 1 unspecified atom stereocenters. The second kappa shape index (κ2) is 15.1. The van der Waals surface area contributed by atoms with Gasteiger partial charge in [0.05, 0.1) is 6.54 Å². The van der Waals surface area contributed by atoms with Crippen molar-refractivity contribution in [1.29, 1.82) is 0 Å². The Balaban J connectivity index is 1.30.